The van der Waals surface area contributed by atoms with Crippen LogP contribution < -0.4 is 0 Å². The van der Waals surface area contributed by atoms with E-state index in [1.54, 1.807) is 0 Å². The molecule has 2 bridgehead atoms. The molecule has 2 aromatic rings. The molecule has 2 aromatic heterocycles. The summed E-state index contributed by atoms with van der Waals surface area (Å²) in [6, 6.07) is 5.18. The number of carbonyl (C=O) groups is 1. The maximum absolute atomic E-state index is 12.2. The highest BCUT2D eigenvalue weighted by molar-refractivity contribution is 5.98. The van der Waals surface area contributed by atoms with E-state index in [0.717, 1.165) is 55.7 Å². The predicted molar refractivity (Wildman–Crippen MR) is 134 cm³/mol. The van der Waals surface area contributed by atoms with Crippen molar-refractivity contribution in [1.82, 2.24) is 35.0 Å². The van der Waals surface area contributed by atoms with Crippen LogP contribution in [0.4, 0.5) is 0 Å². The maximum atomic E-state index is 12.2. The minimum absolute atomic E-state index is 0.217. The van der Waals surface area contributed by atoms with Gasteiger partial charge in [0.1, 0.15) is 6.33 Å². The summed E-state index contributed by atoms with van der Waals surface area (Å²) in [4.78, 5) is 21.9. The van der Waals surface area contributed by atoms with Crippen LogP contribution in [-0.2, 0) is 9.53 Å². The number of ketones is 1. The van der Waals surface area contributed by atoms with Gasteiger partial charge in [-0.25, -0.2) is 4.98 Å². The number of carbonyl (C=O) groups excluding carboxylic acids is 1. The first-order valence-electron chi connectivity index (χ1n) is 13.7. The van der Waals surface area contributed by atoms with Crippen molar-refractivity contribution in [2.45, 2.75) is 89.1 Å². The van der Waals surface area contributed by atoms with Gasteiger partial charge in [-0.1, -0.05) is 6.07 Å². The summed E-state index contributed by atoms with van der Waals surface area (Å²) in [6.45, 7) is 6.38. The number of hydrogen-bond donors (Lipinski definition) is 1. The van der Waals surface area contributed by atoms with Crippen molar-refractivity contribution in [3.05, 3.63) is 41.0 Å². The number of aliphatic hydroxyl groups excluding tert-OH is 1. The molecule has 0 amide bonds. The van der Waals surface area contributed by atoms with Gasteiger partial charge in [0, 0.05) is 59.5 Å². The number of nitrogens with zero attached hydrogens (tertiary/aromatic N) is 7. The standard InChI is InChI=1S/C27H35N7O3/c1-16-21(6-7-23(16)35)32-10-9-27(26-22(32)14-37-26)11-18-3-4-19(12-27)33(18)13-24(36)20-5-8-25(29-17(20)2)34-15-28-30-31-34/h5,8,15,18-19,22,24,26,36H,3-4,6-7,9-14H2,1-2H3. The van der Waals surface area contributed by atoms with Gasteiger partial charge in [0.25, 0.3) is 0 Å². The molecular formula is C27H35N7O3. The van der Waals surface area contributed by atoms with Crippen LogP contribution in [0, 0.1) is 12.3 Å². The molecule has 4 saturated heterocycles. The molecule has 37 heavy (non-hydrogen) atoms. The Balaban J connectivity index is 1.05. The third-order valence-corrected chi connectivity index (χ3v) is 9.93. The predicted octanol–water partition coefficient (Wildman–Crippen LogP) is 2.12. The fourth-order valence-electron chi connectivity index (χ4n) is 8.04. The Morgan fingerprint density at radius 3 is 2.62 bits per heavy atom. The second-order valence-corrected chi connectivity index (χ2v) is 11.7. The van der Waals surface area contributed by atoms with Crippen molar-refractivity contribution in [1.29, 1.82) is 0 Å². The Kier molecular flexibility index (Phi) is 5.49. The molecule has 10 heteroatoms. The summed E-state index contributed by atoms with van der Waals surface area (Å²) in [5.41, 5.74) is 4.13. The molecule has 4 aliphatic heterocycles. The van der Waals surface area contributed by atoms with Gasteiger partial charge >= 0.3 is 0 Å². The molecule has 5 aliphatic rings. The van der Waals surface area contributed by atoms with E-state index in [4.69, 9.17) is 4.74 Å². The van der Waals surface area contributed by atoms with Gasteiger partial charge in [-0.15, -0.1) is 5.10 Å². The molecule has 6 heterocycles. The first kappa shape index (κ1) is 23.4. The van der Waals surface area contributed by atoms with Crippen LogP contribution in [0.1, 0.15) is 69.2 Å². The van der Waals surface area contributed by atoms with E-state index >= 15 is 0 Å². The number of rotatable bonds is 5. The molecule has 4 fully saturated rings. The molecule has 5 atom stereocenters. The molecule has 1 N–H and O–H groups in total. The number of aryl methyl sites for hydroxylation is 1. The lowest BCUT2D eigenvalue weighted by Gasteiger charge is -2.62. The number of tetrazole rings is 1. The molecule has 0 radical (unpaired) electrons. The molecule has 5 unspecified atom stereocenters. The van der Waals surface area contributed by atoms with Crippen molar-refractivity contribution in [3.63, 3.8) is 0 Å². The lowest BCUT2D eigenvalue weighted by molar-refractivity contribution is -0.228. The number of allylic oxidation sites excluding steroid dienone is 2. The highest BCUT2D eigenvalue weighted by Gasteiger charge is 2.60. The molecule has 1 aliphatic carbocycles. The maximum Gasteiger partial charge on any atom is 0.160 e. The second-order valence-electron chi connectivity index (χ2n) is 11.7. The molecular weight excluding hydrogens is 470 g/mol. The topological polar surface area (TPSA) is 110 Å². The Morgan fingerprint density at radius 2 is 2.00 bits per heavy atom. The molecule has 196 valence electrons. The Labute approximate surface area is 216 Å². The van der Waals surface area contributed by atoms with E-state index in [2.05, 4.69) is 30.3 Å². The Bertz CT molecular complexity index is 1230. The minimum Gasteiger partial charge on any atom is -0.387 e. The number of hydrogen-bond acceptors (Lipinski definition) is 9. The zero-order valence-corrected chi connectivity index (χ0v) is 21.6. The van der Waals surface area contributed by atoms with Crippen molar-refractivity contribution >= 4 is 5.78 Å². The quantitative estimate of drug-likeness (QED) is 0.653. The van der Waals surface area contributed by atoms with E-state index in [-0.39, 0.29) is 11.5 Å². The van der Waals surface area contributed by atoms with Crippen LogP contribution in [0.3, 0.4) is 0 Å². The monoisotopic (exact) mass is 505 g/mol. The first-order chi connectivity index (χ1) is 17.9. The number of ether oxygens (including phenoxy) is 1. The highest BCUT2D eigenvalue weighted by Crippen LogP contribution is 2.56. The summed E-state index contributed by atoms with van der Waals surface area (Å²) in [5.74, 6) is 0.959. The fraction of sp³-hybridized carbons (Fsp3) is 0.667. The number of aromatic nitrogens is 5. The lowest BCUT2D eigenvalue weighted by Crippen LogP contribution is -2.69. The van der Waals surface area contributed by atoms with Crippen LogP contribution in [0.2, 0.25) is 0 Å². The molecule has 7 rings (SSSR count). The third-order valence-electron chi connectivity index (χ3n) is 9.93. The summed E-state index contributed by atoms with van der Waals surface area (Å²) in [5, 5.41) is 22.5. The average Bonchev–Trinajstić information content (AvgIpc) is 3.56. The molecule has 0 saturated carbocycles. The van der Waals surface area contributed by atoms with E-state index in [9.17, 15) is 9.90 Å². The first-order valence-corrected chi connectivity index (χ1v) is 13.7. The van der Waals surface area contributed by atoms with Crippen molar-refractivity contribution in [2.24, 2.45) is 5.41 Å². The number of fused-ring (bicyclic) bond motifs is 4. The number of piperidine rings is 2. The zero-order chi connectivity index (χ0) is 25.3. The minimum atomic E-state index is -0.586. The number of Topliss-reactive ketones (excluding diaryl/α,β-unsaturated/α-hetero) is 1. The largest absolute Gasteiger partial charge is 0.387 e. The lowest BCUT2D eigenvalue weighted by atomic mass is 9.63. The third kappa shape index (κ3) is 3.67. The fourth-order valence-corrected chi connectivity index (χ4v) is 8.04. The number of pyridine rings is 1. The van der Waals surface area contributed by atoms with Crippen LogP contribution >= 0.6 is 0 Å². The van der Waals surface area contributed by atoms with Crippen LogP contribution in [0.5, 0.6) is 0 Å². The van der Waals surface area contributed by atoms with Crippen molar-refractivity contribution < 1.29 is 14.6 Å². The van der Waals surface area contributed by atoms with Crippen molar-refractivity contribution in [2.75, 3.05) is 19.7 Å². The number of aliphatic hydroxyl groups is 1. The second kappa shape index (κ2) is 8.68. The van der Waals surface area contributed by atoms with Crippen LogP contribution in [-0.4, -0.2) is 89.8 Å². The van der Waals surface area contributed by atoms with Gasteiger partial charge in [-0.3, -0.25) is 9.69 Å². The molecule has 1 spiro atoms. The van der Waals surface area contributed by atoms with Gasteiger partial charge < -0.3 is 14.7 Å². The van der Waals surface area contributed by atoms with Gasteiger partial charge in [0.15, 0.2) is 11.6 Å². The van der Waals surface area contributed by atoms with E-state index < -0.39 is 6.10 Å². The molecule has 10 nitrogen and oxygen atoms in total. The molecule has 0 aromatic carbocycles. The normalized spacial score (nSPS) is 34.2. The summed E-state index contributed by atoms with van der Waals surface area (Å²) in [7, 11) is 0. The Hall–Kier alpha value is -2.69. The van der Waals surface area contributed by atoms with Gasteiger partial charge in [0.2, 0.25) is 0 Å². The summed E-state index contributed by atoms with van der Waals surface area (Å²) in [6.07, 6.45) is 8.53. The number of likely N-dealkylation sites (tertiary alicyclic amines) is 1. The van der Waals surface area contributed by atoms with Crippen LogP contribution in [0.15, 0.2) is 29.7 Å². The van der Waals surface area contributed by atoms with Gasteiger partial charge in [-0.05, 0) is 68.9 Å². The summed E-state index contributed by atoms with van der Waals surface area (Å²) >= 11 is 0. The van der Waals surface area contributed by atoms with Gasteiger partial charge in [0.05, 0.1) is 24.9 Å². The van der Waals surface area contributed by atoms with E-state index in [0.29, 0.717) is 42.7 Å². The Morgan fingerprint density at radius 1 is 1.19 bits per heavy atom. The van der Waals surface area contributed by atoms with E-state index in [1.165, 1.54) is 29.5 Å². The highest BCUT2D eigenvalue weighted by atomic mass is 16.5. The SMILES string of the molecule is CC1=C(N2CCC3(CC4CCC(C3)N4CC(O)c3ccc(-n4cnnn4)nc3C)C3OCC32)CCC1=O. The van der Waals surface area contributed by atoms with Gasteiger partial charge in [-0.2, -0.15) is 4.68 Å². The summed E-state index contributed by atoms with van der Waals surface area (Å²) < 4.78 is 7.83. The smallest absolute Gasteiger partial charge is 0.160 e. The van der Waals surface area contributed by atoms with E-state index in [1.807, 2.05) is 26.0 Å². The zero-order valence-electron chi connectivity index (χ0n) is 21.6. The average molecular weight is 506 g/mol. The van der Waals surface area contributed by atoms with Crippen LogP contribution in [0.25, 0.3) is 5.82 Å². The van der Waals surface area contributed by atoms with Crippen molar-refractivity contribution in [3.8, 4) is 5.82 Å².